The summed E-state index contributed by atoms with van der Waals surface area (Å²) < 4.78 is 45.7. The number of benzene rings is 2. The molecule has 3 amide bonds. The molecule has 3 heterocycles. The molecule has 0 radical (unpaired) electrons. The molecule has 0 saturated heterocycles. The number of nitrogens with zero attached hydrogens (tertiary/aromatic N) is 2. The van der Waals surface area contributed by atoms with Crippen molar-refractivity contribution in [1.29, 1.82) is 0 Å². The number of carboxylic acid groups (broad SMARTS) is 1. The highest BCUT2D eigenvalue weighted by molar-refractivity contribution is 6.31. The molecule has 2 bridgehead atoms. The molecular formula is C31H28ClF3N4O5. The number of alkyl halides is 2. The first-order valence-corrected chi connectivity index (χ1v) is 14.2. The van der Waals surface area contributed by atoms with Crippen molar-refractivity contribution in [2.24, 2.45) is 5.92 Å². The molecule has 0 fully saturated rings. The maximum absolute atomic E-state index is 15.1. The van der Waals surface area contributed by atoms with E-state index >= 15 is 4.39 Å². The number of amides is 3. The Morgan fingerprint density at radius 3 is 2.70 bits per heavy atom. The Hall–Kier alpha value is -4.58. The third kappa shape index (κ3) is 6.65. The minimum Gasteiger partial charge on any atom is -0.465 e. The van der Waals surface area contributed by atoms with Crippen LogP contribution in [0.3, 0.4) is 0 Å². The first-order chi connectivity index (χ1) is 21.0. The lowest BCUT2D eigenvalue weighted by atomic mass is 9.92. The molecule has 44 heavy (non-hydrogen) atoms. The van der Waals surface area contributed by atoms with Crippen molar-refractivity contribution >= 4 is 46.5 Å². The van der Waals surface area contributed by atoms with Gasteiger partial charge < -0.3 is 20.1 Å². The maximum Gasteiger partial charge on any atom is 0.409 e. The smallest absolute Gasteiger partial charge is 0.409 e. The first kappa shape index (κ1) is 30.9. The number of nitrogens with one attached hydrogen (secondary N) is 2. The van der Waals surface area contributed by atoms with Gasteiger partial charge in [0.1, 0.15) is 5.75 Å². The monoisotopic (exact) mass is 628 g/mol. The van der Waals surface area contributed by atoms with E-state index in [0.717, 1.165) is 12.1 Å². The van der Waals surface area contributed by atoms with Crippen molar-refractivity contribution in [2.75, 3.05) is 17.2 Å². The van der Waals surface area contributed by atoms with Gasteiger partial charge in [-0.15, -0.1) is 0 Å². The Morgan fingerprint density at radius 1 is 1.18 bits per heavy atom. The summed E-state index contributed by atoms with van der Waals surface area (Å²) in [5.74, 6) is -2.47. The van der Waals surface area contributed by atoms with E-state index in [4.69, 9.17) is 16.7 Å². The molecule has 2 aliphatic heterocycles. The highest BCUT2D eigenvalue weighted by Gasteiger charge is 2.32. The molecule has 230 valence electrons. The summed E-state index contributed by atoms with van der Waals surface area (Å²) in [6.07, 6.45) is 3.23. The lowest BCUT2D eigenvalue weighted by molar-refractivity contribution is -0.129. The number of hydrogen-bond donors (Lipinski definition) is 3. The number of hydrogen-bond acceptors (Lipinski definition) is 5. The molecule has 2 atom stereocenters. The fourth-order valence-corrected chi connectivity index (χ4v) is 5.71. The summed E-state index contributed by atoms with van der Waals surface area (Å²) in [5.41, 5.74) is 2.49. The van der Waals surface area contributed by atoms with Gasteiger partial charge in [-0.25, -0.2) is 9.18 Å². The topological polar surface area (TPSA) is 121 Å². The van der Waals surface area contributed by atoms with Gasteiger partial charge in [-0.2, -0.15) is 8.78 Å². The molecule has 0 unspecified atom stereocenters. The number of rotatable bonds is 5. The van der Waals surface area contributed by atoms with Crippen LogP contribution in [-0.2, 0) is 9.59 Å². The van der Waals surface area contributed by atoms with Crippen LogP contribution < -0.4 is 15.4 Å². The molecule has 3 aromatic rings. The number of anilines is 2. The third-order valence-electron chi connectivity index (χ3n) is 7.70. The van der Waals surface area contributed by atoms with E-state index in [-0.39, 0.29) is 40.7 Å². The van der Waals surface area contributed by atoms with Gasteiger partial charge in [0.05, 0.1) is 28.0 Å². The van der Waals surface area contributed by atoms with Crippen molar-refractivity contribution in [2.45, 2.75) is 45.3 Å². The van der Waals surface area contributed by atoms with Crippen LogP contribution in [0.4, 0.5) is 29.3 Å². The number of carbonyl (C=O) groups excluding carboxylic acids is 2. The van der Waals surface area contributed by atoms with E-state index in [2.05, 4.69) is 20.4 Å². The van der Waals surface area contributed by atoms with Gasteiger partial charge in [0, 0.05) is 36.0 Å². The quantitative estimate of drug-likeness (QED) is 0.272. The van der Waals surface area contributed by atoms with E-state index < -0.39 is 42.1 Å². The summed E-state index contributed by atoms with van der Waals surface area (Å²) in [5, 5.41) is 14.1. The Labute approximate surface area is 255 Å². The minimum atomic E-state index is -3.20. The van der Waals surface area contributed by atoms with Crippen LogP contribution >= 0.6 is 11.6 Å². The van der Waals surface area contributed by atoms with Gasteiger partial charge in [-0.05, 0) is 66.8 Å². The van der Waals surface area contributed by atoms with Gasteiger partial charge in [-0.3, -0.25) is 19.9 Å². The largest absolute Gasteiger partial charge is 0.465 e. The number of fused-ring (bicyclic) bond motifs is 4. The van der Waals surface area contributed by atoms with Crippen LogP contribution in [0.2, 0.25) is 5.02 Å². The number of carbonyl (C=O) groups is 3. The van der Waals surface area contributed by atoms with Crippen LogP contribution in [-0.4, -0.2) is 46.1 Å². The van der Waals surface area contributed by atoms with E-state index in [1.54, 1.807) is 42.3 Å². The predicted molar refractivity (Wildman–Crippen MR) is 158 cm³/mol. The van der Waals surface area contributed by atoms with Gasteiger partial charge in [-0.1, -0.05) is 31.0 Å². The van der Waals surface area contributed by atoms with E-state index in [1.807, 2.05) is 6.07 Å². The van der Waals surface area contributed by atoms with Crippen LogP contribution in [0.1, 0.15) is 49.9 Å². The molecule has 5 rings (SSSR count). The third-order valence-corrected chi connectivity index (χ3v) is 7.99. The Balaban J connectivity index is 1.52. The molecule has 13 heteroatoms. The number of halogens is 4. The van der Waals surface area contributed by atoms with E-state index in [9.17, 15) is 23.2 Å². The molecule has 0 aliphatic carbocycles. The summed E-state index contributed by atoms with van der Waals surface area (Å²) >= 11 is 5.94. The fraction of sp³-hybridized carbons (Fsp3) is 0.290. The van der Waals surface area contributed by atoms with Crippen LogP contribution in [0, 0.1) is 11.7 Å². The summed E-state index contributed by atoms with van der Waals surface area (Å²) in [7, 11) is 0. The second-order valence-corrected chi connectivity index (χ2v) is 11.0. The molecular weight excluding hydrogens is 601 g/mol. The van der Waals surface area contributed by atoms with Crippen LogP contribution in [0.15, 0.2) is 54.7 Å². The molecule has 2 aliphatic rings. The van der Waals surface area contributed by atoms with Crippen molar-refractivity contribution in [3.05, 3.63) is 76.8 Å². The van der Waals surface area contributed by atoms with Crippen molar-refractivity contribution in [3.63, 3.8) is 0 Å². The van der Waals surface area contributed by atoms with E-state index in [1.165, 1.54) is 6.08 Å². The predicted octanol–water partition coefficient (Wildman–Crippen LogP) is 7.35. The number of ether oxygens (including phenoxy) is 1. The summed E-state index contributed by atoms with van der Waals surface area (Å²) in [4.78, 5) is 44.0. The number of aromatic nitrogens is 1. The zero-order chi connectivity index (χ0) is 31.5. The molecule has 2 aromatic carbocycles. The second kappa shape index (κ2) is 13.0. The summed E-state index contributed by atoms with van der Waals surface area (Å²) in [6.45, 7) is -1.28. The van der Waals surface area contributed by atoms with Crippen molar-refractivity contribution in [1.82, 2.24) is 9.88 Å². The fourth-order valence-electron chi connectivity index (χ4n) is 5.55. The summed E-state index contributed by atoms with van der Waals surface area (Å²) in [6, 6.07) is 10.1. The molecule has 1 aromatic heterocycles. The zero-order valence-electron chi connectivity index (χ0n) is 23.5. The van der Waals surface area contributed by atoms with Gasteiger partial charge in [0.15, 0.2) is 5.82 Å². The Morgan fingerprint density at radius 2 is 1.98 bits per heavy atom. The Kier molecular flexibility index (Phi) is 9.09. The van der Waals surface area contributed by atoms with Crippen molar-refractivity contribution in [3.8, 4) is 16.9 Å². The van der Waals surface area contributed by atoms with Gasteiger partial charge in [0.2, 0.25) is 11.8 Å². The molecule has 3 N–H and O–H groups in total. The van der Waals surface area contributed by atoms with Gasteiger partial charge in [0.25, 0.3) is 0 Å². The van der Waals surface area contributed by atoms with E-state index in [0.29, 0.717) is 41.8 Å². The molecule has 0 saturated carbocycles. The highest BCUT2D eigenvalue weighted by atomic mass is 35.5. The Bertz CT molecular complexity index is 1650. The molecule has 9 nitrogen and oxygen atoms in total. The average Bonchev–Trinajstić information content (AvgIpc) is 2.97. The second-order valence-electron chi connectivity index (χ2n) is 10.6. The SMILES string of the molecule is C[C@@H]1CCC[C@H](N2CCC(c3c(OC(F)F)ccc(Cl)c3F)=CC2=O)c2cc(ccn2)-c2ccc(NC(=O)O)cc2NC1=O. The van der Waals surface area contributed by atoms with Crippen LogP contribution in [0.25, 0.3) is 16.7 Å². The average molecular weight is 629 g/mol. The van der Waals surface area contributed by atoms with Crippen LogP contribution in [0.5, 0.6) is 5.75 Å². The first-order valence-electron chi connectivity index (χ1n) is 13.9. The lowest BCUT2D eigenvalue weighted by Crippen LogP contribution is -2.38. The zero-order valence-corrected chi connectivity index (χ0v) is 24.2. The lowest BCUT2D eigenvalue weighted by Gasteiger charge is -2.35. The highest BCUT2D eigenvalue weighted by Crippen LogP contribution is 2.40. The molecule has 0 spiro atoms. The normalized spacial score (nSPS) is 18.9. The minimum absolute atomic E-state index is 0.137. The van der Waals surface area contributed by atoms with Crippen molar-refractivity contribution < 1.29 is 37.4 Å². The maximum atomic E-state index is 15.1. The number of pyridine rings is 1. The standard InChI is InChI=1S/C31H28ClF3N4O5/c1-16-3-2-4-24(39-12-10-18(14-26(39)40)27-25(44-30(34)35)8-7-21(32)28(27)33)23-13-17(9-11-36-23)20-6-5-19(37-31(42)43)15-22(20)38-29(16)41/h5-9,11,13-16,24,30,37H,2-4,10,12H2,1H3,(H,38,41)(H,42,43)/t16-,24+/m1/s1. The van der Waals surface area contributed by atoms with Gasteiger partial charge >= 0.3 is 12.7 Å².